The molecular formula is C43H45Cl3N6O6S. The highest BCUT2D eigenvalue weighted by atomic mass is 35.5. The van der Waals surface area contributed by atoms with E-state index < -0.39 is 31.4 Å². The van der Waals surface area contributed by atoms with Gasteiger partial charge in [-0.2, -0.15) is 0 Å². The first-order chi connectivity index (χ1) is 27.4. The molecule has 12 nitrogen and oxygen atoms in total. The largest absolute Gasteiger partial charge is 0.491 e. The summed E-state index contributed by atoms with van der Waals surface area (Å²) in [6.45, 7) is 3.92. The average Bonchev–Trinajstić information content (AvgIpc) is 3.56. The third-order valence-corrected chi connectivity index (χ3v) is 11.6. The lowest BCUT2D eigenvalue weighted by Crippen LogP contribution is -2.33. The van der Waals surface area contributed by atoms with E-state index in [1.54, 1.807) is 12.1 Å². The lowest BCUT2D eigenvalue weighted by Gasteiger charge is -2.29. The van der Waals surface area contributed by atoms with Crippen molar-refractivity contribution in [3.8, 4) is 16.9 Å². The van der Waals surface area contributed by atoms with Gasteiger partial charge in [0.15, 0.2) is 0 Å². The van der Waals surface area contributed by atoms with Gasteiger partial charge in [0, 0.05) is 59.4 Å². The molecule has 0 bridgehead atoms. The lowest BCUT2D eigenvalue weighted by molar-refractivity contribution is -0.384. The minimum absolute atomic E-state index is 0. The second-order valence-corrected chi connectivity index (χ2v) is 16.5. The van der Waals surface area contributed by atoms with E-state index in [1.165, 1.54) is 17.7 Å². The van der Waals surface area contributed by atoms with Gasteiger partial charge in [-0.25, -0.2) is 13.1 Å². The third-order valence-electron chi connectivity index (χ3n) is 10.0. The van der Waals surface area contributed by atoms with Gasteiger partial charge in [-0.05, 0) is 104 Å². The zero-order valence-electron chi connectivity index (χ0n) is 32.4. The van der Waals surface area contributed by atoms with E-state index >= 15 is 0 Å². The van der Waals surface area contributed by atoms with Crippen molar-refractivity contribution in [2.75, 3.05) is 39.1 Å². The molecule has 1 aliphatic rings. The number of amides is 1. The summed E-state index contributed by atoms with van der Waals surface area (Å²) in [5.41, 5.74) is 5.34. The fraction of sp³-hybridized carbons (Fsp3) is 0.233. The maximum absolute atomic E-state index is 13.5. The second kappa shape index (κ2) is 19.7. The van der Waals surface area contributed by atoms with Crippen LogP contribution in [0, 0.1) is 10.1 Å². The van der Waals surface area contributed by atoms with Crippen molar-refractivity contribution >= 4 is 74.6 Å². The van der Waals surface area contributed by atoms with Gasteiger partial charge in [0.05, 0.1) is 15.9 Å². The van der Waals surface area contributed by atoms with Crippen LogP contribution in [0.25, 0.3) is 22.0 Å². The van der Waals surface area contributed by atoms with Gasteiger partial charge in [0.25, 0.3) is 21.6 Å². The fourth-order valence-electron chi connectivity index (χ4n) is 7.10. The van der Waals surface area contributed by atoms with Crippen LogP contribution >= 0.6 is 36.4 Å². The van der Waals surface area contributed by atoms with Crippen LogP contribution in [-0.2, 0) is 29.7 Å². The molecule has 7 rings (SSSR count). The minimum Gasteiger partial charge on any atom is -0.491 e. The first-order valence-corrected chi connectivity index (χ1v) is 20.4. The van der Waals surface area contributed by atoms with Crippen molar-refractivity contribution in [3.05, 3.63) is 153 Å². The normalized spacial score (nSPS) is 13.2. The number of fused-ring (bicyclic) bond motifs is 3. The van der Waals surface area contributed by atoms with Crippen molar-refractivity contribution in [1.29, 1.82) is 0 Å². The summed E-state index contributed by atoms with van der Waals surface area (Å²) in [6.07, 6.45) is 0.597. The van der Waals surface area contributed by atoms with Crippen molar-refractivity contribution in [1.82, 2.24) is 19.1 Å². The summed E-state index contributed by atoms with van der Waals surface area (Å²) in [6, 6.07) is 35.8. The SMILES string of the molecule is CN(C)CCC(COc1ccccc1)Nc1ccc(S(=O)(=O)NC(=O)c2ccc3c(c2)cc2n3CCN(Cc3ccccc3-c3ccc(Cl)cc3)C2)cc1[N+](=O)[O-].Cl.Cl. The molecule has 5 aromatic carbocycles. The number of sulfonamides is 1. The van der Waals surface area contributed by atoms with Gasteiger partial charge in [-0.15, -0.1) is 24.8 Å². The molecule has 59 heavy (non-hydrogen) atoms. The Morgan fingerprint density at radius 2 is 1.64 bits per heavy atom. The number of nitrogens with one attached hydrogen (secondary N) is 2. The quantitative estimate of drug-likeness (QED) is 0.0767. The molecule has 1 amide bonds. The van der Waals surface area contributed by atoms with E-state index in [1.807, 2.05) is 97.9 Å². The molecule has 6 aromatic rings. The van der Waals surface area contributed by atoms with E-state index in [9.17, 15) is 23.3 Å². The van der Waals surface area contributed by atoms with E-state index in [0.29, 0.717) is 30.3 Å². The number of ether oxygens (including phenoxy) is 1. The average molecular weight is 880 g/mol. The summed E-state index contributed by atoms with van der Waals surface area (Å²) in [7, 11) is -0.625. The number of nitrogens with zero attached hydrogens (tertiary/aromatic N) is 4. The first-order valence-electron chi connectivity index (χ1n) is 18.6. The summed E-state index contributed by atoms with van der Waals surface area (Å²) in [5, 5.41) is 16.9. The molecular weight excluding hydrogens is 835 g/mol. The van der Waals surface area contributed by atoms with Gasteiger partial charge in [0.2, 0.25) is 0 Å². The lowest BCUT2D eigenvalue weighted by atomic mass is 9.99. The number of carbonyl (C=O) groups excluding carboxylic acids is 1. The summed E-state index contributed by atoms with van der Waals surface area (Å²) < 4.78 is 37.2. The molecule has 2 heterocycles. The maximum atomic E-state index is 13.5. The number of para-hydroxylation sites is 1. The molecule has 310 valence electrons. The summed E-state index contributed by atoms with van der Waals surface area (Å²) in [5.74, 6) is -0.180. The molecule has 0 saturated heterocycles. The van der Waals surface area contributed by atoms with Gasteiger partial charge < -0.3 is 19.5 Å². The number of benzene rings is 5. The van der Waals surface area contributed by atoms with Crippen LogP contribution < -0.4 is 14.8 Å². The molecule has 16 heteroatoms. The highest BCUT2D eigenvalue weighted by molar-refractivity contribution is 7.90. The topological polar surface area (TPSA) is 139 Å². The van der Waals surface area contributed by atoms with Crippen LogP contribution in [0.15, 0.2) is 126 Å². The van der Waals surface area contributed by atoms with Gasteiger partial charge in [-0.3, -0.25) is 19.8 Å². The Morgan fingerprint density at radius 1 is 0.915 bits per heavy atom. The van der Waals surface area contributed by atoms with Crippen LogP contribution in [0.3, 0.4) is 0 Å². The summed E-state index contributed by atoms with van der Waals surface area (Å²) >= 11 is 6.14. The first kappa shape index (κ1) is 44.9. The number of anilines is 1. The highest BCUT2D eigenvalue weighted by Crippen LogP contribution is 2.31. The van der Waals surface area contributed by atoms with Crippen molar-refractivity contribution in [3.63, 3.8) is 0 Å². The van der Waals surface area contributed by atoms with E-state index in [4.69, 9.17) is 16.3 Å². The Bertz CT molecular complexity index is 2520. The van der Waals surface area contributed by atoms with Gasteiger partial charge in [-0.1, -0.05) is 66.2 Å². The van der Waals surface area contributed by atoms with Crippen LogP contribution in [0.2, 0.25) is 5.02 Å². The predicted octanol–water partition coefficient (Wildman–Crippen LogP) is 8.66. The summed E-state index contributed by atoms with van der Waals surface area (Å²) in [4.78, 5) is 28.9. The van der Waals surface area contributed by atoms with Crippen LogP contribution in [0.5, 0.6) is 5.75 Å². The Morgan fingerprint density at radius 3 is 2.37 bits per heavy atom. The molecule has 1 unspecified atom stereocenters. The zero-order valence-corrected chi connectivity index (χ0v) is 35.6. The van der Waals surface area contributed by atoms with Gasteiger partial charge in [0.1, 0.15) is 18.0 Å². The number of rotatable bonds is 15. The standard InChI is InChI=1S/C43H43ClN6O6S.2ClH/c1-47(2)21-20-35(29-56-37-9-4-3-5-10-37)45-40-18-17-38(26-42(40)50(52)53)57(54,55)46-43(51)31-14-19-41-33(24-31)25-36-28-48(22-23-49(36)41)27-32-8-6-7-11-39(32)30-12-15-34(44)16-13-30;;/h3-19,24-26,35,45H,20-23,27-29H2,1-2H3,(H,46,51);2*1H. The molecule has 0 radical (unpaired) electrons. The molecule has 1 aromatic heterocycles. The molecule has 0 spiro atoms. The Labute approximate surface area is 361 Å². The Kier molecular flexibility index (Phi) is 15.0. The molecule has 2 N–H and O–H groups in total. The predicted molar refractivity (Wildman–Crippen MR) is 238 cm³/mol. The van der Waals surface area contributed by atoms with E-state index in [2.05, 4.69) is 31.6 Å². The molecule has 0 fully saturated rings. The number of nitro groups is 1. The second-order valence-electron chi connectivity index (χ2n) is 14.4. The van der Waals surface area contributed by atoms with E-state index in [-0.39, 0.29) is 48.7 Å². The number of aromatic nitrogens is 1. The minimum atomic E-state index is -4.48. The van der Waals surface area contributed by atoms with Crippen molar-refractivity contribution in [2.45, 2.75) is 37.0 Å². The molecule has 1 aliphatic heterocycles. The molecule has 0 saturated carbocycles. The Balaban J connectivity index is 0.00000331. The van der Waals surface area contributed by atoms with Crippen LogP contribution in [0.1, 0.15) is 28.0 Å². The van der Waals surface area contributed by atoms with Crippen LogP contribution in [-0.4, -0.2) is 73.4 Å². The van der Waals surface area contributed by atoms with Gasteiger partial charge >= 0.3 is 0 Å². The monoisotopic (exact) mass is 878 g/mol. The number of nitro benzene ring substituents is 1. The van der Waals surface area contributed by atoms with E-state index in [0.717, 1.165) is 53.4 Å². The maximum Gasteiger partial charge on any atom is 0.293 e. The number of carbonyl (C=O) groups is 1. The van der Waals surface area contributed by atoms with Crippen molar-refractivity contribution < 1.29 is 22.9 Å². The molecule has 0 aliphatic carbocycles. The van der Waals surface area contributed by atoms with Crippen molar-refractivity contribution in [2.24, 2.45) is 0 Å². The number of halogens is 3. The molecule has 1 atom stereocenters. The van der Waals surface area contributed by atoms with Crippen LogP contribution in [0.4, 0.5) is 11.4 Å². The zero-order chi connectivity index (χ0) is 40.1. The smallest absolute Gasteiger partial charge is 0.293 e. The highest BCUT2D eigenvalue weighted by Gasteiger charge is 2.26. The number of hydrogen-bond acceptors (Lipinski definition) is 9. The fourth-order valence-corrected chi connectivity index (χ4v) is 8.22. The number of hydrogen-bond donors (Lipinski definition) is 2. The Hall–Kier alpha value is -5.15. The third kappa shape index (κ3) is 10.9.